The minimum Gasteiger partial charge on any atom is -0.494 e. The molecule has 38 heavy (non-hydrogen) atoms. The third kappa shape index (κ3) is 6.99. The van der Waals surface area contributed by atoms with E-state index in [0.717, 1.165) is 18.9 Å². The lowest BCUT2D eigenvalue weighted by Gasteiger charge is -2.17. The van der Waals surface area contributed by atoms with Gasteiger partial charge in [0.25, 0.3) is 0 Å². The van der Waals surface area contributed by atoms with Gasteiger partial charge in [0.2, 0.25) is 0 Å². The van der Waals surface area contributed by atoms with Crippen LogP contribution in [0.1, 0.15) is 53.3 Å². The van der Waals surface area contributed by atoms with Gasteiger partial charge in [0.05, 0.1) is 30.9 Å². The minimum atomic E-state index is -0.650. The summed E-state index contributed by atoms with van der Waals surface area (Å²) >= 11 is 0. The summed E-state index contributed by atoms with van der Waals surface area (Å²) in [7, 11) is 0. The van der Waals surface area contributed by atoms with Gasteiger partial charge in [0, 0.05) is 6.08 Å². The normalized spacial score (nSPS) is 21.8. The van der Waals surface area contributed by atoms with Crippen LogP contribution in [0.3, 0.4) is 0 Å². The first-order chi connectivity index (χ1) is 18.5. The fraction of sp³-hybridized carbons (Fsp3) is 0.414. The Labute approximate surface area is 221 Å². The van der Waals surface area contributed by atoms with Crippen molar-refractivity contribution in [1.82, 2.24) is 0 Å². The fourth-order valence-electron chi connectivity index (χ4n) is 4.27. The first kappa shape index (κ1) is 27.3. The van der Waals surface area contributed by atoms with Crippen molar-refractivity contribution < 1.29 is 42.8 Å². The molecule has 2 aromatic carbocycles. The lowest BCUT2D eigenvalue weighted by atomic mass is 10.1. The maximum absolute atomic E-state index is 12.7. The number of hydrogen-bond donors (Lipinski definition) is 0. The van der Waals surface area contributed by atoms with Crippen molar-refractivity contribution in [3.63, 3.8) is 0 Å². The molecule has 9 heteroatoms. The van der Waals surface area contributed by atoms with Crippen LogP contribution in [-0.2, 0) is 23.7 Å². The molecule has 0 radical (unpaired) electrons. The van der Waals surface area contributed by atoms with Gasteiger partial charge < -0.3 is 28.4 Å². The van der Waals surface area contributed by atoms with E-state index in [9.17, 15) is 14.4 Å². The molecule has 9 nitrogen and oxygen atoms in total. The first-order valence-electron chi connectivity index (χ1n) is 12.8. The molecule has 0 N–H and O–H groups in total. The molecule has 0 spiro atoms. The van der Waals surface area contributed by atoms with E-state index in [-0.39, 0.29) is 24.5 Å². The van der Waals surface area contributed by atoms with Gasteiger partial charge in [-0.1, -0.05) is 32.8 Å². The fourth-order valence-corrected chi connectivity index (χ4v) is 4.27. The molecule has 2 heterocycles. The highest BCUT2D eigenvalue weighted by atomic mass is 16.7. The maximum Gasteiger partial charge on any atom is 0.338 e. The molecule has 0 aliphatic carbocycles. The van der Waals surface area contributed by atoms with Crippen LogP contribution in [-0.4, -0.2) is 62.1 Å². The van der Waals surface area contributed by atoms with Gasteiger partial charge in [-0.05, 0) is 55.0 Å². The highest BCUT2D eigenvalue weighted by Gasteiger charge is 2.51. The lowest BCUT2D eigenvalue weighted by molar-refractivity contribution is -0.128. The van der Waals surface area contributed by atoms with E-state index in [1.54, 1.807) is 24.3 Å². The van der Waals surface area contributed by atoms with E-state index in [1.807, 2.05) is 0 Å². The zero-order chi connectivity index (χ0) is 26.9. The second-order valence-electron chi connectivity index (χ2n) is 9.07. The van der Waals surface area contributed by atoms with Crippen molar-refractivity contribution in [3.8, 4) is 11.5 Å². The summed E-state index contributed by atoms with van der Waals surface area (Å²) in [6, 6.07) is 12.8. The van der Waals surface area contributed by atoms with Crippen LogP contribution in [0, 0.1) is 0 Å². The molecule has 202 valence electrons. The summed E-state index contributed by atoms with van der Waals surface area (Å²) in [5.74, 6) is -0.669. The SMILES string of the molecule is C=CC(=O)Oc1ccc(C(=O)O[C@@H]2CO[C@H]3[C@@H]2OC[C@H]3OC(=O)c2ccc(OCCCCCC)cc2)cc1. The molecule has 0 unspecified atom stereocenters. The summed E-state index contributed by atoms with van der Waals surface area (Å²) in [5.41, 5.74) is 0.677. The minimum absolute atomic E-state index is 0.119. The molecule has 4 atom stereocenters. The van der Waals surface area contributed by atoms with E-state index >= 15 is 0 Å². The molecule has 2 aliphatic heterocycles. The van der Waals surface area contributed by atoms with E-state index < -0.39 is 42.3 Å². The summed E-state index contributed by atoms with van der Waals surface area (Å²) in [6.07, 6.45) is 3.19. The molecule has 2 saturated heterocycles. The van der Waals surface area contributed by atoms with Crippen molar-refractivity contribution in [3.05, 3.63) is 72.3 Å². The van der Waals surface area contributed by atoms with Crippen molar-refractivity contribution in [2.45, 2.75) is 57.0 Å². The van der Waals surface area contributed by atoms with E-state index in [2.05, 4.69) is 13.5 Å². The van der Waals surface area contributed by atoms with Crippen molar-refractivity contribution >= 4 is 17.9 Å². The summed E-state index contributed by atoms with van der Waals surface area (Å²) < 4.78 is 33.5. The van der Waals surface area contributed by atoms with Gasteiger partial charge in [-0.15, -0.1) is 0 Å². The molecule has 4 rings (SSSR count). The second-order valence-corrected chi connectivity index (χ2v) is 9.07. The Kier molecular flexibility index (Phi) is 9.51. The van der Waals surface area contributed by atoms with Crippen LogP contribution in [0.2, 0.25) is 0 Å². The number of esters is 3. The van der Waals surface area contributed by atoms with E-state index in [4.69, 9.17) is 28.4 Å². The van der Waals surface area contributed by atoms with Gasteiger partial charge in [-0.3, -0.25) is 0 Å². The number of carbonyl (C=O) groups excluding carboxylic acids is 3. The predicted octanol–water partition coefficient (Wildman–Crippen LogP) is 4.29. The van der Waals surface area contributed by atoms with Crippen molar-refractivity contribution in [1.29, 1.82) is 0 Å². The third-order valence-corrected chi connectivity index (χ3v) is 6.31. The molecule has 0 amide bonds. The van der Waals surface area contributed by atoms with E-state index in [1.165, 1.54) is 37.1 Å². The maximum atomic E-state index is 12.7. The Bertz CT molecular complexity index is 1110. The highest BCUT2D eigenvalue weighted by Crippen LogP contribution is 2.31. The molecule has 2 fully saturated rings. The molecule has 2 aromatic rings. The van der Waals surface area contributed by atoms with E-state index in [0.29, 0.717) is 17.9 Å². The highest BCUT2D eigenvalue weighted by molar-refractivity contribution is 5.90. The topological polar surface area (TPSA) is 107 Å². The van der Waals surface area contributed by atoms with Crippen LogP contribution in [0.25, 0.3) is 0 Å². The number of unbranched alkanes of at least 4 members (excludes halogenated alkanes) is 3. The Morgan fingerprint density at radius 3 is 1.84 bits per heavy atom. The lowest BCUT2D eigenvalue weighted by Crippen LogP contribution is -2.36. The average Bonchev–Trinajstić information content (AvgIpc) is 3.52. The summed E-state index contributed by atoms with van der Waals surface area (Å²) in [6.45, 7) is 6.40. The van der Waals surface area contributed by atoms with Crippen molar-refractivity contribution in [2.75, 3.05) is 19.8 Å². The summed E-state index contributed by atoms with van der Waals surface area (Å²) in [4.78, 5) is 36.6. The van der Waals surface area contributed by atoms with Gasteiger partial charge in [-0.25, -0.2) is 14.4 Å². The van der Waals surface area contributed by atoms with Crippen LogP contribution in [0.15, 0.2) is 61.2 Å². The number of hydrogen-bond acceptors (Lipinski definition) is 9. The largest absolute Gasteiger partial charge is 0.494 e. The summed E-state index contributed by atoms with van der Waals surface area (Å²) in [5, 5.41) is 0. The molecule has 0 bridgehead atoms. The molecular weight excluding hydrogens is 492 g/mol. The van der Waals surface area contributed by atoms with Gasteiger partial charge >= 0.3 is 17.9 Å². The number of carbonyl (C=O) groups is 3. The monoisotopic (exact) mass is 524 g/mol. The van der Waals surface area contributed by atoms with Gasteiger partial charge in [0.1, 0.15) is 23.7 Å². The first-order valence-corrected chi connectivity index (χ1v) is 12.8. The third-order valence-electron chi connectivity index (χ3n) is 6.31. The zero-order valence-electron chi connectivity index (χ0n) is 21.3. The molecule has 0 saturated carbocycles. The van der Waals surface area contributed by atoms with Gasteiger partial charge in [0.15, 0.2) is 12.2 Å². The zero-order valence-corrected chi connectivity index (χ0v) is 21.3. The number of rotatable bonds is 12. The Morgan fingerprint density at radius 2 is 1.34 bits per heavy atom. The standard InChI is InChI=1S/C29H32O9/c1-3-5-6-7-16-33-21-12-8-19(9-13-21)28(31)37-23-17-34-27-24(18-35-26(23)27)38-29(32)20-10-14-22(15-11-20)36-25(30)4-2/h4,8-15,23-24,26-27H,2-3,5-7,16-18H2,1H3/t23-,24-,26-,27-/m1/s1. The molecular formula is C29H32O9. The Balaban J connectivity index is 1.25. The molecule has 2 aliphatic rings. The van der Waals surface area contributed by atoms with Crippen LogP contribution in [0.5, 0.6) is 11.5 Å². The number of benzene rings is 2. The second kappa shape index (κ2) is 13.2. The smallest absolute Gasteiger partial charge is 0.338 e. The predicted molar refractivity (Wildman–Crippen MR) is 136 cm³/mol. The number of ether oxygens (including phenoxy) is 6. The van der Waals surface area contributed by atoms with Crippen LogP contribution < -0.4 is 9.47 Å². The Hall–Kier alpha value is -3.69. The average molecular weight is 525 g/mol. The quantitative estimate of drug-likeness (QED) is 0.174. The Morgan fingerprint density at radius 1 is 0.816 bits per heavy atom. The van der Waals surface area contributed by atoms with Crippen molar-refractivity contribution in [2.24, 2.45) is 0 Å². The van der Waals surface area contributed by atoms with Gasteiger partial charge in [-0.2, -0.15) is 0 Å². The van der Waals surface area contributed by atoms with Crippen LogP contribution in [0.4, 0.5) is 0 Å². The molecule has 0 aromatic heterocycles. The van der Waals surface area contributed by atoms with Crippen LogP contribution >= 0.6 is 0 Å². The number of fused-ring (bicyclic) bond motifs is 1.